The molecule has 3 nitrogen and oxygen atoms in total. The molecular weight excluding hydrogens is 152 g/mol. The van der Waals surface area contributed by atoms with Crippen molar-refractivity contribution in [2.24, 2.45) is 0 Å². The van der Waals surface area contributed by atoms with E-state index >= 15 is 0 Å². The van der Waals surface area contributed by atoms with Crippen LogP contribution in [-0.4, -0.2) is 26.0 Å². The van der Waals surface area contributed by atoms with Crippen LogP contribution in [0.25, 0.3) is 0 Å². The molecule has 0 aromatic heterocycles. The Labute approximate surface area is 74.9 Å². The first-order chi connectivity index (χ1) is 5.77. The van der Waals surface area contributed by atoms with E-state index in [1.165, 1.54) is 19.3 Å². The molecule has 0 saturated heterocycles. The van der Waals surface area contributed by atoms with E-state index in [0.717, 1.165) is 19.5 Å². The summed E-state index contributed by atoms with van der Waals surface area (Å²) in [7, 11) is 1.97. The number of amides is 1. The fourth-order valence-corrected chi connectivity index (χ4v) is 1.04. The number of carbonyl (C=O) groups is 1. The number of nitrogens with one attached hydrogen (secondary N) is 2. The zero-order valence-corrected chi connectivity index (χ0v) is 8.15. The van der Waals surface area contributed by atoms with Gasteiger partial charge in [-0.15, -0.1) is 0 Å². The molecule has 2 N–H and O–H groups in total. The van der Waals surface area contributed by atoms with Crippen molar-refractivity contribution in [3.8, 4) is 0 Å². The molecule has 0 aliphatic carbocycles. The molecule has 0 saturated carbocycles. The van der Waals surface area contributed by atoms with Gasteiger partial charge in [-0.1, -0.05) is 12.8 Å². The molecule has 0 unspecified atom stereocenters. The zero-order valence-electron chi connectivity index (χ0n) is 8.15. The number of rotatable bonds is 7. The fraction of sp³-hybridized carbons (Fsp3) is 0.889. The third-order valence-electron chi connectivity index (χ3n) is 1.73. The molecule has 72 valence electrons. The SMILES string of the molecule is CNCCCCCCNC(C)=O. The van der Waals surface area contributed by atoms with Crippen molar-refractivity contribution in [3.63, 3.8) is 0 Å². The lowest BCUT2D eigenvalue weighted by molar-refractivity contribution is -0.118. The Morgan fingerprint density at radius 2 is 1.67 bits per heavy atom. The standard InChI is InChI=1S/C9H20N2O/c1-9(12)11-8-6-4-3-5-7-10-2/h10H,3-8H2,1-2H3,(H,11,12). The van der Waals surface area contributed by atoms with Crippen LogP contribution in [0, 0.1) is 0 Å². The lowest BCUT2D eigenvalue weighted by Crippen LogP contribution is -2.20. The maximum atomic E-state index is 10.5. The van der Waals surface area contributed by atoms with E-state index < -0.39 is 0 Å². The average Bonchev–Trinajstić information content (AvgIpc) is 2.02. The molecule has 0 aliphatic rings. The Hall–Kier alpha value is -0.570. The highest BCUT2D eigenvalue weighted by Gasteiger charge is 1.91. The topological polar surface area (TPSA) is 41.1 Å². The van der Waals surface area contributed by atoms with Gasteiger partial charge in [-0.3, -0.25) is 4.79 Å². The largest absolute Gasteiger partial charge is 0.356 e. The predicted molar refractivity (Wildman–Crippen MR) is 51.1 cm³/mol. The fourth-order valence-electron chi connectivity index (χ4n) is 1.04. The van der Waals surface area contributed by atoms with Crippen LogP contribution in [0.4, 0.5) is 0 Å². The maximum absolute atomic E-state index is 10.5. The summed E-state index contributed by atoms with van der Waals surface area (Å²) in [5.74, 6) is 0.0743. The van der Waals surface area contributed by atoms with Gasteiger partial charge in [0.15, 0.2) is 0 Å². The summed E-state index contributed by atoms with van der Waals surface area (Å²) in [6.45, 7) is 3.48. The molecule has 0 bridgehead atoms. The molecule has 3 heteroatoms. The first kappa shape index (κ1) is 11.4. The minimum Gasteiger partial charge on any atom is -0.356 e. The molecule has 0 atom stereocenters. The average molecular weight is 172 g/mol. The Kier molecular flexibility index (Phi) is 8.12. The van der Waals surface area contributed by atoms with E-state index in [4.69, 9.17) is 0 Å². The molecule has 0 aromatic carbocycles. The van der Waals surface area contributed by atoms with Gasteiger partial charge >= 0.3 is 0 Å². The van der Waals surface area contributed by atoms with Crippen LogP contribution < -0.4 is 10.6 Å². The highest BCUT2D eigenvalue weighted by atomic mass is 16.1. The molecule has 0 fully saturated rings. The predicted octanol–water partition coefficient (Wildman–Crippen LogP) is 0.902. The van der Waals surface area contributed by atoms with Gasteiger partial charge in [0.2, 0.25) is 5.91 Å². The summed E-state index contributed by atoms with van der Waals surface area (Å²) in [5, 5.41) is 5.89. The normalized spacial score (nSPS) is 9.83. The highest BCUT2D eigenvalue weighted by molar-refractivity contribution is 5.72. The van der Waals surface area contributed by atoms with Gasteiger partial charge in [0.05, 0.1) is 0 Å². The van der Waals surface area contributed by atoms with Crippen molar-refractivity contribution < 1.29 is 4.79 Å². The summed E-state index contributed by atoms with van der Waals surface area (Å²) in [5.41, 5.74) is 0. The zero-order chi connectivity index (χ0) is 9.23. The Bertz CT molecular complexity index is 115. The maximum Gasteiger partial charge on any atom is 0.216 e. The van der Waals surface area contributed by atoms with E-state index in [0.29, 0.717) is 0 Å². The van der Waals surface area contributed by atoms with Gasteiger partial charge in [-0.2, -0.15) is 0 Å². The van der Waals surface area contributed by atoms with Crippen LogP contribution in [0.15, 0.2) is 0 Å². The quantitative estimate of drug-likeness (QED) is 0.560. The van der Waals surface area contributed by atoms with Crippen LogP contribution in [0.2, 0.25) is 0 Å². The van der Waals surface area contributed by atoms with Gasteiger partial charge in [0.1, 0.15) is 0 Å². The smallest absolute Gasteiger partial charge is 0.216 e. The van der Waals surface area contributed by atoms with Crippen LogP contribution in [0.1, 0.15) is 32.6 Å². The first-order valence-electron chi connectivity index (χ1n) is 4.66. The number of carbonyl (C=O) groups excluding carboxylic acids is 1. The molecular formula is C9H20N2O. The van der Waals surface area contributed by atoms with Gasteiger partial charge in [-0.05, 0) is 26.4 Å². The van der Waals surface area contributed by atoms with E-state index in [-0.39, 0.29) is 5.91 Å². The third-order valence-corrected chi connectivity index (χ3v) is 1.73. The van der Waals surface area contributed by atoms with Crippen LogP contribution in [-0.2, 0) is 4.79 Å². The van der Waals surface area contributed by atoms with Gasteiger partial charge in [-0.25, -0.2) is 0 Å². The second-order valence-corrected chi connectivity index (χ2v) is 3.00. The van der Waals surface area contributed by atoms with Crippen molar-refractivity contribution in [1.82, 2.24) is 10.6 Å². The molecule has 0 radical (unpaired) electrons. The molecule has 0 aromatic rings. The van der Waals surface area contributed by atoms with Crippen molar-refractivity contribution in [2.45, 2.75) is 32.6 Å². The summed E-state index contributed by atoms with van der Waals surface area (Å²) in [4.78, 5) is 10.5. The monoisotopic (exact) mass is 172 g/mol. The van der Waals surface area contributed by atoms with E-state index in [2.05, 4.69) is 10.6 Å². The molecule has 0 rings (SSSR count). The molecule has 12 heavy (non-hydrogen) atoms. The van der Waals surface area contributed by atoms with Gasteiger partial charge in [0.25, 0.3) is 0 Å². The summed E-state index contributed by atoms with van der Waals surface area (Å²) >= 11 is 0. The number of hydrogen-bond acceptors (Lipinski definition) is 2. The summed E-state index contributed by atoms with van der Waals surface area (Å²) < 4.78 is 0. The van der Waals surface area contributed by atoms with E-state index in [1.807, 2.05) is 7.05 Å². The molecule has 0 spiro atoms. The van der Waals surface area contributed by atoms with E-state index in [9.17, 15) is 4.79 Å². The highest BCUT2D eigenvalue weighted by Crippen LogP contribution is 1.97. The van der Waals surface area contributed by atoms with Gasteiger partial charge < -0.3 is 10.6 Å². The molecule has 0 aliphatic heterocycles. The lowest BCUT2D eigenvalue weighted by Gasteiger charge is -2.01. The second kappa shape index (κ2) is 8.53. The van der Waals surface area contributed by atoms with Crippen molar-refractivity contribution in [1.29, 1.82) is 0 Å². The lowest BCUT2D eigenvalue weighted by atomic mass is 10.2. The minimum absolute atomic E-state index is 0.0743. The first-order valence-corrected chi connectivity index (χ1v) is 4.66. The van der Waals surface area contributed by atoms with Crippen molar-refractivity contribution in [2.75, 3.05) is 20.1 Å². The number of unbranched alkanes of at least 4 members (excludes halogenated alkanes) is 3. The summed E-state index contributed by atoms with van der Waals surface area (Å²) in [6, 6.07) is 0. The third kappa shape index (κ3) is 9.43. The minimum atomic E-state index is 0.0743. The van der Waals surface area contributed by atoms with Crippen LogP contribution in [0.5, 0.6) is 0 Å². The Morgan fingerprint density at radius 3 is 2.17 bits per heavy atom. The van der Waals surface area contributed by atoms with Crippen LogP contribution in [0.3, 0.4) is 0 Å². The Morgan fingerprint density at radius 1 is 1.08 bits per heavy atom. The van der Waals surface area contributed by atoms with E-state index in [1.54, 1.807) is 6.92 Å². The Balaban J connectivity index is 2.86. The molecule has 1 amide bonds. The molecule has 0 heterocycles. The van der Waals surface area contributed by atoms with Crippen molar-refractivity contribution in [3.05, 3.63) is 0 Å². The van der Waals surface area contributed by atoms with Crippen LogP contribution >= 0.6 is 0 Å². The number of hydrogen-bond donors (Lipinski definition) is 2. The van der Waals surface area contributed by atoms with Gasteiger partial charge in [0, 0.05) is 13.5 Å². The summed E-state index contributed by atoms with van der Waals surface area (Å²) in [6.07, 6.45) is 4.79. The van der Waals surface area contributed by atoms with Crippen molar-refractivity contribution >= 4 is 5.91 Å². The second-order valence-electron chi connectivity index (χ2n) is 3.00.